The van der Waals surface area contributed by atoms with Crippen molar-refractivity contribution >= 4 is 27.7 Å². The van der Waals surface area contributed by atoms with Gasteiger partial charge in [-0.15, -0.1) is 0 Å². The summed E-state index contributed by atoms with van der Waals surface area (Å²) < 4.78 is 12.0. The third-order valence-corrected chi connectivity index (χ3v) is 6.25. The Labute approximate surface area is 205 Å². The highest BCUT2D eigenvalue weighted by Gasteiger charge is 2.29. The average Bonchev–Trinajstić information content (AvgIpc) is 2.82. The summed E-state index contributed by atoms with van der Waals surface area (Å²) in [7, 11) is 1.60. The van der Waals surface area contributed by atoms with E-state index in [1.165, 1.54) is 5.56 Å². The number of halogens is 1. The molecule has 2 amide bonds. The summed E-state index contributed by atoms with van der Waals surface area (Å²) >= 11 is 3.52. The lowest BCUT2D eigenvalue weighted by atomic mass is 10.1. The highest BCUT2D eigenvalue weighted by Crippen LogP contribution is 2.26. The molecule has 0 bridgehead atoms. The molecule has 0 aliphatic heterocycles. The van der Waals surface area contributed by atoms with Gasteiger partial charge in [0.2, 0.25) is 5.91 Å². The number of rotatable bonds is 12. The SMILES string of the molecule is CCc1ccc(OCC(=O)N(Cc2cccc(OC)c2)[C@H](CC)C(=O)N[C@@H](C)CC)c(Br)c1. The molecule has 2 aromatic rings. The fraction of sp³-hybridized carbons (Fsp3) is 0.462. The number of benzene rings is 2. The van der Waals surface area contributed by atoms with Gasteiger partial charge in [0, 0.05) is 12.6 Å². The molecule has 0 radical (unpaired) electrons. The molecule has 0 saturated heterocycles. The van der Waals surface area contributed by atoms with E-state index in [9.17, 15) is 9.59 Å². The first-order valence-corrected chi connectivity index (χ1v) is 12.3. The lowest BCUT2D eigenvalue weighted by molar-refractivity contribution is -0.143. The fourth-order valence-electron chi connectivity index (χ4n) is 3.43. The first-order chi connectivity index (χ1) is 15.8. The van der Waals surface area contributed by atoms with E-state index in [0.29, 0.717) is 17.9 Å². The third kappa shape index (κ3) is 7.77. The van der Waals surface area contributed by atoms with E-state index < -0.39 is 6.04 Å². The van der Waals surface area contributed by atoms with E-state index in [2.05, 4.69) is 28.2 Å². The van der Waals surface area contributed by atoms with Gasteiger partial charge in [-0.2, -0.15) is 0 Å². The van der Waals surface area contributed by atoms with Crippen LogP contribution in [-0.4, -0.2) is 42.5 Å². The van der Waals surface area contributed by atoms with Crippen LogP contribution in [0.4, 0.5) is 0 Å². The number of methoxy groups -OCH3 is 1. The van der Waals surface area contributed by atoms with Crippen molar-refractivity contribution in [1.29, 1.82) is 0 Å². The van der Waals surface area contributed by atoms with Crippen LogP contribution in [0.1, 0.15) is 51.7 Å². The second-order valence-corrected chi connectivity index (χ2v) is 8.88. The fourth-order valence-corrected chi connectivity index (χ4v) is 3.97. The molecule has 180 valence electrons. The van der Waals surface area contributed by atoms with Crippen molar-refractivity contribution in [2.75, 3.05) is 13.7 Å². The van der Waals surface area contributed by atoms with E-state index >= 15 is 0 Å². The van der Waals surface area contributed by atoms with Gasteiger partial charge in [-0.05, 0) is 77.5 Å². The van der Waals surface area contributed by atoms with E-state index in [-0.39, 0.29) is 31.0 Å². The first kappa shape index (κ1) is 26.7. The largest absolute Gasteiger partial charge is 0.497 e. The second kappa shape index (κ2) is 13.2. The minimum absolute atomic E-state index is 0.0320. The maximum atomic E-state index is 13.3. The van der Waals surface area contributed by atoms with Crippen LogP contribution in [0.5, 0.6) is 11.5 Å². The molecular weight excluding hydrogens is 484 g/mol. The van der Waals surface area contributed by atoms with Crippen molar-refractivity contribution in [3.8, 4) is 11.5 Å². The molecule has 0 aromatic heterocycles. The summed E-state index contributed by atoms with van der Waals surface area (Å²) in [6.07, 6.45) is 2.22. The highest BCUT2D eigenvalue weighted by atomic mass is 79.9. The molecule has 2 rings (SSSR count). The zero-order valence-electron chi connectivity index (χ0n) is 20.2. The highest BCUT2D eigenvalue weighted by molar-refractivity contribution is 9.10. The number of aryl methyl sites for hydroxylation is 1. The van der Waals surface area contributed by atoms with Crippen molar-refractivity contribution in [2.24, 2.45) is 0 Å². The van der Waals surface area contributed by atoms with Gasteiger partial charge in [0.05, 0.1) is 11.6 Å². The van der Waals surface area contributed by atoms with Crippen molar-refractivity contribution in [1.82, 2.24) is 10.2 Å². The van der Waals surface area contributed by atoms with Crippen molar-refractivity contribution in [2.45, 2.75) is 65.6 Å². The number of amides is 2. The predicted molar refractivity (Wildman–Crippen MR) is 135 cm³/mol. The zero-order valence-corrected chi connectivity index (χ0v) is 21.8. The van der Waals surface area contributed by atoms with Gasteiger partial charge in [-0.1, -0.05) is 39.0 Å². The van der Waals surface area contributed by atoms with E-state index in [1.807, 2.05) is 63.2 Å². The Bertz CT molecular complexity index is 934. The maximum absolute atomic E-state index is 13.3. The summed E-state index contributed by atoms with van der Waals surface area (Å²) in [5, 5.41) is 3.01. The molecule has 7 heteroatoms. The second-order valence-electron chi connectivity index (χ2n) is 8.02. The molecule has 0 aliphatic rings. The number of nitrogens with one attached hydrogen (secondary N) is 1. The number of carbonyl (C=O) groups excluding carboxylic acids is 2. The van der Waals surface area contributed by atoms with Crippen LogP contribution < -0.4 is 14.8 Å². The van der Waals surface area contributed by atoms with Crippen molar-refractivity contribution in [3.63, 3.8) is 0 Å². The number of carbonyl (C=O) groups is 2. The lowest BCUT2D eigenvalue weighted by Crippen LogP contribution is -2.51. The predicted octanol–water partition coefficient (Wildman–Crippen LogP) is 5.12. The Kier molecular flexibility index (Phi) is 10.7. The van der Waals surface area contributed by atoms with Crippen LogP contribution in [0.25, 0.3) is 0 Å². The summed E-state index contributed by atoms with van der Waals surface area (Å²) in [4.78, 5) is 28.0. The van der Waals surface area contributed by atoms with Gasteiger partial charge in [0.15, 0.2) is 6.61 Å². The monoisotopic (exact) mass is 518 g/mol. The summed E-state index contributed by atoms with van der Waals surface area (Å²) in [5.41, 5.74) is 2.05. The lowest BCUT2D eigenvalue weighted by Gasteiger charge is -2.31. The number of nitrogens with zero attached hydrogens (tertiary/aromatic N) is 1. The third-order valence-electron chi connectivity index (χ3n) is 5.63. The Morgan fingerprint density at radius 1 is 1.06 bits per heavy atom. The molecule has 2 atom stereocenters. The molecule has 0 saturated carbocycles. The summed E-state index contributed by atoms with van der Waals surface area (Å²) in [6.45, 7) is 8.08. The molecule has 1 N–H and O–H groups in total. The molecule has 0 heterocycles. The molecule has 0 aliphatic carbocycles. The van der Waals surface area contributed by atoms with Crippen molar-refractivity contribution in [3.05, 3.63) is 58.1 Å². The van der Waals surface area contributed by atoms with E-state index in [4.69, 9.17) is 9.47 Å². The molecule has 0 spiro atoms. The summed E-state index contributed by atoms with van der Waals surface area (Å²) in [5.74, 6) is 0.888. The van der Waals surface area contributed by atoms with Gasteiger partial charge >= 0.3 is 0 Å². The van der Waals surface area contributed by atoms with Gasteiger partial charge in [0.1, 0.15) is 17.5 Å². The standard InChI is InChI=1S/C26H35BrN2O4/c1-6-18(4)28-26(31)23(8-3)29(16-20-10-9-11-21(14-20)32-5)25(30)17-33-24-13-12-19(7-2)15-22(24)27/h9-15,18,23H,6-8,16-17H2,1-5H3,(H,28,31)/t18-,23+/m0/s1. The number of hydrogen-bond donors (Lipinski definition) is 1. The van der Waals surface area contributed by atoms with Crippen LogP contribution in [-0.2, 0) is 22.6 Å². The van der Waals surface area contributed by atoms with Crippen LogP contribution in [0, 0.1) is 0 Å². The maximum Gasteiger partial charge on any atom is 0.261 e. The Balaban J connectivity index is 2.25. The Morgan fingerprint density at radius 2 is 1.82 bits per heavy atom. The molecular formula is C26H35BrN2O4. The van der Waals surface area contributed by atoms with Gasteiger partial charge < -0.3 is 19.7 Å². The van der Waals surface area contributed by atoms with Gasteiger partial charge in [0.25, 0.3) is 5.91 Å². The molecule has 2 aromatic carbocycles. The minimum Gasteiger partial charge on any atom is -0.497 e. The number of ether oxygens (including phenoxy) is 2. The Hall–Kier alpha value is -2.54. The molecule has 0 unspecified atom stereocenters. The van der Waals surface area contributed by atoms with Gasteiger partial charge in [-0.25, -0.2) is 0 Å². The van der Waals surface area contributed by atoms with Crippen LogP contribution in [0.2, 0.25) is 0 Å². The first-order valence-electron chi connectivity index (χ1n) is 11.5. The molecule has 33 heavy (non-hydrogen) atoms. The Morgan fingerprint density at radius 3 is 2.42 bits per heavy atom. The van der Waals surface area contributed by atoms with Crippen molar-refractivity contribution < 1.29 is 19.1 Å². The smallest absolute Gasteiger partial charge is 0.261 e. The van der Waals surface area contributed by atoms with Crippen LogP contribution in [0.3, 0.4) is 0 Å². The van der Waals surface area contributed by atoms with Gasteiger partial charge in [-0.3, -0.25) is 9.59 Å². The quantitative estimate of drug-likeness (QED) is 0.423. The van der Waals surface area contributed by atoms with E-state index in [1.54, 1.807) is 12.0 Å². The average molecular weight is 519 g/mol. The normalized spacial score (nSPS) is 12.5. The molecule has 0 fully saturated rings. The van der Waals surface area contributed by atoms with Crippen LogP contribution >= 0.6 is 15.9 Å². The van der Waals surface area contributed by atoms with Crippen LogP contribution in [0.15, 0.2) is 46.9 Å². The van der Waals surface area contributed by atoms with E-state index in [0.717, 1.165) is 22.9 Å². The minimum atomic E-state index is -0.604. The molecule has 6 nitrogen and oxygen atoms in total. The number of hydrogen-bond acceptors (Lipinski definition) is 4. The topological polar surface area (TPSA) is 67.9 Å². The zero-order chi connectivity index (χ0) is 24.4. The summed E-state index contributed by atoms with van der Waals surface area (Å²) in [6, 6.07) is 12.8.